The number of unbranched alkanes of at least 4 members (excludes halogenated alkanes) is 1. The Hall–Kier alpha value is -0.0800. The third-order valence-electron chi connectivity index (χ3n) is 4.87. The van der Waals surface area contributed by atoms with Crippen LogP contribution in [0.5, 0.6) is 0 Å². The van der Waals surface area contributed by atoms with Crippen molar-refractivity contribution in [2.45, 2.75) is 65.3 Å². The van der Waals surface area contributed by atoms with E-state index in [4.69, 9.17) is 0 Å². The molecule has 2 nitrogen and oxygen atoms in total. The molecule has 0 spiro atoms. The predicted octanol–water partition coefficient (Wildman–Crippen LogP) is 3.28. The number of piperidine rings is 1. The van der Waals surface area contributed by atoms with Gasteiger partial charge in [0.2, 0.25) is 0 Å². The zero-order valence-electron chi connectivity index (χ0n) is 12.7. The minimum Gasteiger partial charge on any atom is -0.316 e. The van der Waals surface area contributed by atoms with E-state index < -0.39 is 0 Å². The van der Waals surface area contributed by atoms with E-state index in [2.05, 4.69) is 31.0 Å². The van der Waals surface area contributed by atoms with Crippen molar-refractivity contribution in [2.75, 3.05) is 26.2 Å². The van der Waals surface area contributed by atoms with Crippen LogP contribution in [0, 0.1) is 11.3 Å². The molecule has 106 valence electrons. The topological polar surface area (TPSA) is 15.3 Å². The third-order valence-corrected chi connectivity index (χ3v) is 4.87. The predicted molar refractivity (Wildman–Crippen MR) is 78.9 cm³/mol. The molecule has 0 aromatic carbocycles. The highest BCUT2D eigenvalue weighted by atomic mass is 15.2. The van der Waals surface area contributed by atoms with Crippen molar-refractivity contribution >= 4 is 0 Å². The molecule has 0 aromatic rings. The molecule has 1 N–H and O–H groups in total. The van der Waals surface area contributed by atoms with E-state index >= 15 is 0 Å². The van der Waals surface area contributed by atoms with Crippen LogP contribution < -0.4 is 5.32 Å². The molecule has 2 heteroatoms. The first kappa shape index (κ1) is 14.3. The molecule has 1 aliphatic carbocycles. The van der Waals surface area contributed by atoms with Crippen molar-refractivity contribution in [3.05, 3.63) is 0 Å². The maximum absolute atomic E-state index is 3.58. The van der Waals surface area contributed by atoms with Gasteiger partial charge in [-0.25, -0.2) is 0 Å². The Bertz CT molecular complexity index is 239. The highest BCUT2D eigenvalue weighted by molar-refractivity contribution is 4.91. The van der Waals surface area contributed by atoms with Gasteiger partial charge in [0.15, 0.2) is 0 Å². The number of nitrogens with one attached hydrogen (secondary N) is 1. The van der Waals surface area contributed by atoms with Crippen LogP contribution in [0.3, 0.4) is 0 Å². The first-order chi connectivity index (χ1) is 8.63. The minimum atomic E-state index is 0.476. The van der Waals surface area contributed by atoms with E-state index in [1.807, 2.05) is 0 Å². The lowest BCUT2D eigenvalue weighted by molar-refractivity contribution is 0.0947. The molecule has 1 atom stereocenters. The lowest BCUT2D eigenvalue weighted by Gasteiger charge is -2.41. The van der Waals surface area contributed by atoms with E-state index in [0.717, 1.165) is 12.0 Å². The molecular weight excluding hydrogens is 220 g/mol. The normalized spacial score (nSPS) is 25.7. The fraction of sp³-hybridized carbons (Fsp3) is 1.00. The second-order valence-corrected chi connectivity index (χ2v) is 7.09. The van der Waals surface area contributed by atoms with Gasteiger partial charge in [-0.1, -0.05) is 27.2 Å². The van der Waals surface area contributed by atoms with Crippen LogP contribution >= 0.6 is 0 Å². The van der Waals surface area contributed by atoms with Crippen molar-refractivity contribution in [2.24, 2.45) is 11.3 Å². The van der Waals surface area contributed by atoms with E-state index in [1.54, 1.807) is 0 Å². The number of nitrogens with zero attached hydrogens (tertiary/aromatic N) is 1. The van der Waals surface area contributed by atoms with E-state index in [1.165, 1.54) is 64.7 Å². The van der Waals surface area contributed by atoms with Gasteiger partial charge in [0.25, 0.3) is 0 Å². The van der Waals surface area contributed by atoms with E-state index in [0.29, 0.717) is 5.41 Å². The number of hydrogen-bond acceptors (Lipinski definition) is 2. The Morgan fingerprint density at radius 1 is 1.22 bits per heavy atom. The van der Waals surface area contributed by atoms with Crippen molar-refractivity contribution in [3.63, 3.8) is 0 Å². The van der Waals surface area contributed by atoms with Gasteiger partial charge in [0.05, 0.1) is 0 Å². The van der Waals surface area contributed by atoms with Gasteiger partial charge in [-0.15, -0.1) is 0 Å². The van der Waals surface area contributed by atoms with Crippen molar-refractivity contribution in [3.8, 4) is 0 Å². The van der Waals surface area contributed by atoms with Crippen molar-refractivity contribution in [1.82, 2.24) is 10.2 Å². The molecule has 0 radical (unpaired) electrons. The van der Waals surface area contributed by atoms with Crippen LogP contribution in [0.1, 0.15) is 59.3 Å². The summed E-state index contributed by atoms with van der Waals surface area (Å²) in [5.41, 5.74) is 0.476. The lowest BCUT2D eigenvalue weighted by atomic mass is 9.74. The summed E-state index contributed by atoms with van der Waals surface area (Å²) in [6, 6.07) is 0.923. The molecule has 2 fully saturated rings. The van der Waals surface area contributed by atoms with Crippen LogP contribution in [0.15, 0.2) is 0 Å². The fourth-order valence-corrected chi connectivity index (χ4v) is 3.36. The van der Waals surface area contributed by atoms with Gasteiger partial charge in [0, 0.05) is 12.6 Å². The molecule has 0 amide bonds. The summed E-state index contributed by atoms with van der Waals surface area (Å²) in [5, 5.41) is 3.58. The minimum absolute atomic E-state index is 0.476. The standard InChI is InChI=1S/C16H32N2/c1-4-5-11-18(15-8-9-15)13-16(2,3)14-7-6-10-17-12-14/h14-15,17H,4-13H2,1-3H3. The molecule has 0 aromatic heterocycles. The van der Waals surface area contributed by atoms with Crippen LogP contribution in [0.25, 0.3) is 0 Å². The third kappa shape index (κ3) is 3.96. The Balaban J connectivity index is 1.86. The first-order valence-electron chi connectivity index (χ1n) is 8.08. The zero-order chi connectivity index (χ0) is 13.0. The van der Waals surface area contributed by atoms with Crippen LogP contribution in [0.4, 0.5) is 0 Å². The van der Waals surface area contributed by atoms with Crippen molar-refractivity contribution < 1.29 is 0 Å². The summed E-state index contributed by atoms with van der Waals surface area (Å²) in [7, 11) is 0. The molecule has 18 heavy (non-hydrogen) atoms. The molecule has 1 heterocycles. The average molecular weight is 252 g/mol. The molecule has 0 bridgehead atoms. The second-order valence-electron chi connectivity index (χ2n) is 7.09. The SMILES string of the molecule is CCCCN(CC(C)(C)C1CCCNC1)C1CC1. The van der Waals surface area contributed by atoms with Gasteiger partial charge in [-0.3, -0.25) is 4.90 Å². The van der Waals surface area contributed by atoms with Gasteiger partial charge >= 0.3 is 0 Å². The molecule has 1 aliphatic heterocycles. The van der Waals surface area contributed by atoms with Crippen LogP contribution in [-0.2, 0) is 0 Å². The average Bonchev–Trinajstić information content (AvgIpc) is 3.20. The maximum atomic E-state index is 3.58. The van der Waals surface area contributed by atoms with Crippen molar-refractivity contribution in [1.29, 1.82) is 0 Å². The van der Waals surface area contributed by atoms with E-state index in [9.17, 15) is 0 Å². The molecule has 1 saturated carbocycles. The molecule has 1 saturated heterocycles. The Labute approximate surface area is 114 Å². The summed E-state index contributed by atoms with van der Waals surface area (Å²) in [5.74, 6) is 0.870. The lowest BCUT2D eigenvalue weighted by Crippen LogP contribution is -2.45. The Morgan fingerprint density at radius 2 is 2.00 bits per heavy atom. The van der Waals surface area contributed by atoms with Crippen LogP contribution in [0.2, 0.25) is 0 Å². The first-order valence-corrected chi connectivity index (χ1v) is 8.08. The fourth-order valence-electron chi connectivity index (χ4n) is 3.36. The van der Waals surface area contributed by atoms with E-state index in [-0.39, 0.29) is 0 Å². The Kier molecular flexibility index (Phi) is 5.08. The van der Waals surface area contributed by atoms with Crippen LogP contribution in [-0.4, -0.2) is 37.1 Å². The number of hydrogen-bond donors (Lipinski definition) is 1. The highest BCUT2D eigenvalue weighted by Gasteiger charge is 2.36. The zero-order valence-corrected chi connectivity index (χ0v) is 12.7. The second kappa shape index (κ2) is 6.38. The largest absolute Gasteiger partial charge is 0.316 e. The Morgan fingerprint density at radius 3 is 2.56 bits per heavy atom. The molecule has 2 rings (SSSR count). The quantitative estimate of drug-likeness (QED) is 0.748. The molecular formula is C16H32N2. The maximum Gasteiger partial charge on any atom is 0.00966 e. The molecule has 1 unspecified atom stereocenters. The van der Waals surface area contributed by atoms with Gasteiger partial charge in [-0.2, -0.15) is 0 Å². The summed E-state index contributed by atoms with van der Waals surface area (Å²) >= 11 is 0. The monoisotopic (exact) mass is 252 g/mol. The smallest absolute Gasteiger partial charge is 0.00966 e. The summed E-state index contributed by atoms with van der Waals surface area (Å²) in [6.07, 6.45) is 8.38. The summed E-state index contributed by atoms with van der Waals surface area (Å²) in [6.45, 7) is 12.4. The van der Waals surface area contributed by atoms with Gasteiger partial charge in [0.1, 0.15) is 0 Å². The summed E-state index contributed by atoms with van der Waals surface area (Å²) < 4.78 is 0. The number of rotatable bonds is 7. The summed E-state index contributed by atoms with van der Waals surface area (Å²) in [4.78, 5) is 2.79. The van der Waals surface area contributed by atoms with Gasteiger partial charge in [-0.05, 0) is 63.1 Å². The highest BCUT2D eigenvalue weighted by Crippen LogP contribution is 2.36. The van der Waals surface area contributed by atoms with Gasteiger partial charge < -0.3 is 5.32 Å². The molecule has 2 aliphatic rings.